The van der Waals surface area contributed by atoms with Crippen LogP contribution in [0.3, 0.4) is 0 Å². The minimum absolute atomic E-state index is 0.00715. The molecule has 1 aromatic rings. The summed E-state index contributed by atoms with van der Waals surface area (Å²) in [5.74, 6) is 1.22. The molecule has 4 nitrogen and oxygen atoms in total. The summed E-state index contributed by atoms with van der Waals surface area (Å²) in [6, 6.07) is 3.91. The van der Waals surface area contributed by atoms with E-state index in [1.54, 1.807) is 6.20 Å². The van der Waals surface area contributed by atoms with Gasteiger partial charge in [-0.3, -0.25) is 9.78 Å². The van der Waals surface area contributed by atoms with E-state index in [1.807, 2.05) is 12.1 Å². The molecule has 0 bridgehead atoms. The molecule has 3 rings (SSSR count). The molecular formula is C15H21N3O. The second kappa shape index (κ2) is 5.70. The summed E-state index contributed by atoms with van der Waals surface area (Å²) in [6.45, 7) is 2.92. The van der Waals surface area contributed by atoms with E-state index in [9.17, 15) is 4.79 Å². The second-order valence-corrected chi connectivity index (χ2v) is 5.67. The molecular weight excluding hydrogens is 238 g/mol. The predicted molar refractivity (Wildman–Crippen MR) is 74.1 cm³/mol. The smallest absolute Gasteiger partial charge is 0.252 e. The van der Waals surface area contributed by atoms with Crippen LogP contribution >= 0.6 is 0 Å². The van der Waals surface area contributed by atoms with Crippen LogP contribution in [-0.2, 0) is 0 Å². The van der Waals surface area contributed by atoms with Crippen molar-refractivity contribution in [3.8, 4) is 0 Å². The number of amides is 1. The van der Waals surface area contributed by atoms with Crippen LogP contribution in [0.15, 0.2) is 18.3 Å². The topological polar surface area (TPSA) is 54.0 Å². The predicted octanol–water partition coefficient (Wildman–Crippen LogP) is 1.69. The molecule has 1 atom stereocenters. The summed E-state index contributed by atoms with van der Waals surface area (Å²) in [4.78, 5) is 16.4. The number of piperidine rings is 1. The Hall–Kier alpha value is -1.42. The van der Waals surface area contributed by atoms with Gasteiger partial charge in [-0.1, -0.05) is 0 Å². The van der Waals surface area contributed by atoms with Gasteiger partial charge < -0.3 is 10.6 Å². The van der Waals surface area contributed by atoms with E-state index in [-0.39, 0.29) is 5.91 Å². The number of carbonyl (C=O) groups is 1. The minimum Gasteiger partial charge on any atom is -0.352 e. The lowest BCUT2D eigenvalue weighted by Crippen LogP contribution is -2.29. The van der Waals surface area contributed by atoms with Crippen molar-refractivity contribution in [2.24, 2.45) is 5.92 Å². The van der Waals surface area contributed by atoms with Crippen molar-refractivity contribution >= 4 is 5.91 Å². The molecule has 0 radical (unpaired) electrons. The molecule has 1 amide bonds. The Balaban J connectivity index is 1.58. The van der Waals surface area contributed by atoms with Gasteiger partial charge in [0.25, 0.3) is 5.91 Å². The molecule has 2 N–H and O–H groups in total. The minimum atomic E-state index is 0.00715. The van der Waals surface area contributed by atoms with E-state index in [2.05, 4.69) is 15.6 Å². The highest BCUT2D eigenvalue weighted by Gasteiger charge is 2.22. The van der Waals surface area contributed by atoms with E-state index in [0.29, 0.717) is 17.4 Å². The number of hydrogen-bond acceptors (Lipinski definition) is 3. The van der Waals surface area contributed by atoms with Gasteiger partial charge in [-0.25, -0.2) is 0 Å². The molecule has 1 saturated carbocycles. The number of pyridine rings is 1. The molecule has 2 heterocycles. The zero-order chi connectivity index (χ0) is 13.1. The molecule has 2 fully saturated rings. The van der Waals surface area contributed by atoms with E-state index in [1.165, 1.54) is 25.7 Å². The third-order valence-corrected chi connectivity index (χ3v) is 4.01. The van der Waals surface area contributed by atoms with Gasteiger partial charge in [-0.2, -0.15) is 0 Å². The Kier molecular flexibility index (Phi) is 3.78. The van der Waals surface area contributed by atoms with Crippen LogP contribution in [0.4, 0.5) is 0 Å². The number of nitrogens with one attached hydrogen (secondary N) is 2. The summed E-state index contributed by atoms with van der Waals surface area (Å²) < 4.78 is 0. The van der Waals surface area contributed by atoms with Crippen LogP contribution < -0.4 is 10.6 Å². The Labute approximate surface area is 114 Å². The van der Waals surface area contributed by atoms with E-state index in [0.717, 1.165) is 25.3 Å². The third-order valence-electron chi connectivity index (χ3n) is 4.01. The largest absolute Gasteiger partial charge is 0.352 e. The van der Waals surface area contributed by atoms with Crippen molar-refractivity contribution in [2.75, 3.05) is 19.6 Å². The maximum atomic E-state index is 11.9. The number of aromatic nitrogens is 1. The highest BCUT2D eigenvalue weighted by molar-refractivity contribution is 5.93. The van der Waals surface area contributed by atoms with Crippen LogP contribution in [0.2, 0.25) is 0 Å². The molecule has 0 unspecified atom stereocenters. The molecule has 1 aromatic heterocycles. The number of rotatable bonds is 4. The van der Waals surface area contributed by atoms with Crippen molar-refractivity contribution < 1.29 is 4.79 Å². The van der Waals surface area contributed by atoms with E-state index < -0.39 is 0 Å². The first-order valence-electron chi connectivity index (χ1n) is 7.28. The zero-order valence-corrected chi connectivity index (χ0v) is 11.2. The summed E-state index contributed by atoms with van der Waals surface area (Å²) in [6.07, 6.45) is 6.62. The fourth-order valence-corrected chi connectivity index (χ4v) is 2.55. The maximum Gasteiger partial charge on any atom is 0.252 e. The Morgan fingerprint density at radius 1 is 1.37 bits per heavy atom. The van der Waals surface area contributed by atoms with Gasteiger partial charge >= 0.3 is 0 Å². The van der Waals surface area contributed by atoms with Gasteiger partial charge in [0.1, 0.15) is 0 Å². The summed E-state index contributed by atoms with van der Waals surface area (Å²) >= 11 is 0. The van der Waals surface area contributed by atoms with Crippen LogP contribution in [0.25, 0.3) is 0 Å². The van der Waals surface area contributed by atoms with E-state index >= 15 is 0 Å². The van der Waals surface area contributed by atoms with Gasteiger partial charge in [-0.15, -0.1) is 0 Å². The summed E-state index contributed by atoms with van der Waals surface area (Å²) in [5.41, 5.74) is 1.78. The first-order valence-corrected chi connectivity index (χ1v) is 7.28. The summed E-state index contributed by atoms with van der Waals surface area (Å²) in [5, 5.41) is 6.36. The van der Waals surface area contributed by atoms with Gasteiger partial charge in [-0.05, 0) is 50.3 Å². The lowest BCUT2D eigenvalue weighted by molar-refractivity contribution is 0.0951. The second-order valence-electron chi connectivity index (χ2n) is 5.67. The Morgan fingerprint density at radius 3 is 2.89 bits per heavy atom. The van der Waals surface area contributed by atoms with Crippen molar-refractivity contribution in [3.05, 3.63) is 29.6 Å². The Morgan fingerprint density at radius 2 is 2.26 bits per heavy atom. The molecule has 2 aliphatic rings. The Bertz CT molecular complexity index is 433. The first kappa shape index (κ1) is 12.6. The van der Waals surface area contributed by atoms with Crippen molar-refractivity contribution in [2.45, 2.75) is 31.6 Å². The van der Waals surface area contributed by atoms with Gasteiger partial charge in [0, 0.05) is 30.9 Å². The quantitative estimate of drug-likeness (QED) is 0.865. The molecule has 1 saturated heterocycles. The van der Waals surface area contributed by atoms with E-state index in [4.69, 9.17) is 0 Å². The third kappa shape index (κ3) is 3.32. The van der Waals surface area contributed by atoms with Crippen molar-refractivity contribution in [3.63, 3.8) is 0 Å². The van der Waals surface area contributed by atoms with Crippen LogP contribution in [-0.4, -0.2) is 30.5 Å². The number of nitrogens with zero attached hydrogens (tertiary/aromatic N) is 1. The zero-order valence-electron chi connectivity index (χ0n) is 11.2. The molecule has 19 heavy (non-hydrogen) atoms. The van der Waals surface area contributed by atoms with Gasteiger partial charge in [0.2, 0.25) is 0 Å². The molecule has 102 valence electrons. The average Bonchev–Trinajstić information content (AvgIpc) is 3.30. The van der Waals surface area contributed by atoms with Crippen LogP contribution in [0, 0.1) is 5.92 Å². The molecule has 1 aliphatic heterocycles. The monoisotopic (exact) mass is 259 g/mol. The number of carbonyl (C=O) groups excluding carboxylic acids is 1. The molecule has 1 aliphatic carbocycles. The highest BCUT2D eigenvalue weighted by Crippen LogP contribution is 2.27. The lowest BCUT2D eigenvalue weighted by Gasteiger charge is -2.22. The molecule has 0 aromatic carbocycles. The lowest BCUT2D eigenvalue weighted by atomic mass is 9.95. The molecule has 0 spiro atoms. The molecule has 4 heteroatoms. The maximum absolute atomic E-state index is 11.9. The van der Waals surface area contributed by atoms with Gasteiger partial charge in [0.15, 0.2) is 0 Å². The van der Waals surface area contributed by atoms with Crippen LogP contribution in [0.1, 0.15) is 47.7 Å². The normalized spacial score (nSPS) is 23.1. The number of hydrogen-bond donors (Lipinski definition) is 2. The van der Waals surface area contributed by atoms with Crippen molar-refractivity contribution in [1.82, 2.24) is 15.6 Å². The SMILES string of the molecule is O=C(NCC1CC1)c1ccc([C@H]2CCCNC2)nc1. The highest BCUT2D eigenvalue weighted by atomic mass is 16.1. The fourth-order valence-electron chi connectivity index (χ4n) is 2.55. The standard InChI is InChI=1S/C15H21N3O/c19-15(18-8-11-3-4-11)13-5-6-14(17-10-13)12-2-1-7-16-9-12/h5-6,10-12,16H,1-4,7-9H2,(H,18,19)/t12-/m0/s1. The first-order chi connectivity index (χ1) is 9.33. The van der Waals surface area contributed by atoms with Crippen molar-refractivity contribution in [1.29, 1.82) is 0 Å². The summed E-state index contributed by atoms with van der Waals surface area (Å²) in [7, 11) is 0. The van der Waals surface area contributed by atoms with Gasteiger partial charge in [0.05, 0.1) is 5.56 Å². The average molecular weight is 259 g/mol. The fraction of sp³-hybridized carbons (Fsp3) is 0.600. The van der Waals surface area contributed by atoms with Crippen LogP contribution in [0.5, 0.6) is 0 Å².